The van der Waals surface area contributed by atoms with Crippen molar-refractivity contribution < 1.29 is 9.53 Å². The average Bonchev–Trinajstić information content (AvgIpc) is 2.40. The van der Waals surface area contributed by atoms with E-state index in [-0.39, 0.29) is 5.78 Å². The molecule has 3 heteroatoms. The normalized spacial score (nSPS) is 10.3. The summed E-state index contributed by atoms with van der Waals surface area (Å²) in [5.41, 5.74) is 9.56. The lowest BCUT2D eigenvalue weighted by Crippen LogP contribution is -2.07. The third-order valence-electron chi connectivity index (χ3n) is 3.14. The lowest BCUT2D eigenvalue weighted by Gasteiger charge is -2.09. The van der Waals surface area contributed by atoms with Crippen LogP contribution in [-0.4, -0.2) is 12.9 Å². The summed E-state index contributed by atoms with van der Waals surface area (Å²) in [5.74, 6) is 0.594. The smallest absolute Gasteiger partial charge is 0.195 e. The molecular weight excluding hydrogens is 238 g/mol. The zero-order valence-electron chi connectivity index (χ0n) is 11.4. The van der Waals surface area contributed by atoms with E-state index in [1.807, 2.05) is 32.0 Å². The predicted molar refractivity (Wildman–Crippen MR) is 76.8 cm³/mol. The van der Waals surface area contributed by atoms with Crippen molar-refractivity contribution in [2.24, 2.45) is 0 Å². The second kappa shape index (κ2) is 5.14. The van der Waals surface area contributed by atoms with E-state index >= 15 is 0 Å². The van der Waals surface area contributed by atoms with Crippen LogP contribution in [-0.2, 0) is 0 Å². The fourth-order valence-corrected chi connectivity index (χ4v) is 2.00. The van der Waals surface area contributed by atoms with Gasteiger partial charge in [-0.2, -0.15) is 0 Å². The number of rotatable bonds is 3. The lowest BCUT2D eigenvalue weighted by molar-refractivity contribution is 0.103. The summed E-state index contributed by atoms with van der Waals surface area (Å²) in [6, 6.07) is 10.9. The van der Waals surface area contributed by atoms with Gasteiger partial charge in [0.25, 0.3) is 0 Å². The number of hydrogen-bond acceptors (Lipinski definition) is 3. The Bertz CT molecular complexity index is 633. The van der Waals surface area contributed by atoms with Crippen LogP contribution >= 0.6 is 0 Å². The van der Waals surface area contributed by atoms with Crippen LogP contribution < -0.4 is 10.5 Å². The van der Waals surface area contributed by atoms with Crippen molar-refractivity contribution >= 4 is 11.5 Å². The number of methoxy groups -OCH3 is 1. The maximum Gasteiger partial charge on any atom is 0.195 e. The van der Waals surface area contributed by atoms with Gasteiger partial charge in [0.05, 0.1) is 7.11 Å². The van der Waals surface area contributed by atoms with E-state index in [0.717, 1.165) is 11.1 Å². The largest absolute Gasteiger partial charge is 0.497 e. The Morgan fingerprint density at radius 1 is 1.05 bits per heavy atom. The number of anilines is 1. The highest BCUT2D eigenvalue weighted by atomic mass is 16.5. The van der Waals surface area contributed by atoms with Gasteiger partial charge in [0.15, 0.2) is 5.78 Å². The minimum Gasteiger partial charge on any atom is -0.497 e. The van der Waals surface area contributed by atoms with E-state index in [4.69, 9.17) is 10.5 Å². The molecule has 0 unspecified atom stereocenters. The van der Waals surface area contributed by atoms with Gasteiger partial charge in [-0.3, -0.25) is 4.79 Å². The molecule has 0 spiro atoms. The van der Waals surface area contributed by atoms with Gasteiger partial charge in [0.1, 0.15) is 5.75 Å². The highest BCUT2D eigenvalue weighted by Crippen LogP contribution is 2.24. The molecule has 0 saturated heterocycles. The molecule has 0 aromatic heterocycles. The van der Waals surface area contributed by atoms with Gasteiger partial charge in [-0.1, -0.05) is 17.7 Å². The lowest BCUT2D eigenvalue weighted by atomic mass is 9.96. The number of benzene rings is 2. The Kier molecular flexibility index (Phi) is 3.56. The minimum atomic E-state index is -0.0543. The summed E-state index contributed by atoms with van der Waals surface area (Å²) >= 11 is 0. The molecule has 98 valence electrons. The molecule has 0 radical (unpaired) electrons. The molecule has 0 heterocycles. The number of nitrogens with two attached hydrogens (primary N) is 1. The molecular formula is C16H17NO2. The number of aryl methyl sites for hydroxylation is 2. The summed E-state index contributed by atoms with van der Waals surface area (Å²) in [7, 11) is 1.57. The monoisotopic (exact) mass is 255 g/mol. The SMILES string of the molecule is COc1ccc(C(=O)c2cc(C)ccc2C)c(N)c1. The molecule has 0 bridgehead atoms. The highest BCUT2D eigenvalue weighted by Gasteiger charge is 2.15. The molecule has 2 aromatic rings. The maximum absolute atomic E-state index is 12.5. The van der Waals surface area contributed by atoms with E-state index in [1.54, 1.807) is 25.3 Å². The molecule has 2 rings (SSSR count). The molecule has 0 atom stereocenters. The Morgan fingerprint density at radius 3 is 2.42 bits per heavy atom. The first-order chi connectivity index (χ1) is 9.02. The van der Waals surface area contributed by atoms with E-state index in [1.165, 1.54) is 0 Å². The van der Waals surface area contributed by atoms with E-state index < -0.39 is 0 Å². The second-order valence-corrected chi connectivity index (χ2v) is 4.60. The fourth-order valence-electron chi connectivity index (χ4n) is 2.00. The van der Waals surface area contributed by atoms with Crippen LogP contribution in [0.15, 0.2) is 36.4 Å². The van der Waals surface area contributed by atoms with Crippen LogP contribution in [0.2, 0.25) is 0 Å². The molecule has 3 nitrogen and oxygen atoms in total. The first-order valence-corrected chi connectivity index (χ1v) is 6.08. The number of hydrogen-bond donors (Lipinski definition) is 1. The fraction of sp³-hybridized carbons (Fsp3) is 0.188. The van der Waals surface area contributed by atoms with Crippen LogP contribution in [0.1, 0.15) is 27.0 Å². The third kappa shape index (κ3) is 2.60. The Hall–Kier alpha value is -2.29. The summed E-state index contributed by atoms with van der Waals surface area (Å²) in [6.45, 7) is 3.89. The van der Waals surface area contributed by atoms with Crippen molar-refractivity contribution in [1.82, 2.24) is 0 Å². The van der Waals surface area contributed by atoms with Crippen LogP contribution in [0.25, 0.3) is 0 Å². The Morgan fingerprint density at radius 2 is 1.79 bits per heavy atom. The van der Waals surface area contributed by atoms with Gasteiger partial charge >= 0.3 is 0 Å². The molecule has 19 heavy (non-hydrogen) atoms. The van der Waals surface area contributed by atoms with Crippen LogP contribution in [0, 0.1) is 13.8 Å². The number of carbonyl (C=O) groups excluding carboxylic acids is 1. The van der Waals surface area contributed by atoms with Gasteiger partial charge in [-0.15, -0.1) is 0 Å². The molecule has 0 saturated carbocycles. The second-order valence-electron chi connectivity index (χ2n) is 4.60. The third-order valence-corrected chi connectivity index (χ3v) is 3.14. The molecule has 2 aromatic carbocycles. The number of ether oxygens (including phenoxy) is 1. The van der Waals surface area contributed by atoms with Crippen molar-refractivity contribution in [3.8, 4) is 5.75 Å². The van der Waals surface area contributed by atoms with Crippen LogP contribution in [0.3, 0.4) is 0 Å². The van der Waals surface area contributed by atoms with Gasteiger partial charge in [0, 0.05) is 22.9 Å². The van der Waals surface area contributed by atoms with Gasteiger partial charge in [-0.25, -0.2) is 0 Å². The summed E-state index contributed by atoms with van der Waals surface area (Å²) < 4.78 is 5.09. The van der Waals surface area contributed by atoms with Gasteiger partial charge in [-0.05, 0) is 37.6 Å². The molecule has 0 aliphatic rings. The van der Waals surface area contributed by atoms with Crippen molar-refractivity contribution in [1.29, 1.82) is 0 Å². The van der Waals surface area contributed by atoms with Gasteiger partial charge in [0.2, 0.25) is 0 Å². The summed E-state index contributed by atoms with van der Waals surface area (Å²) in [4.78, 5) is 12.5. The van der Waals surface area contributed by atoms with Crippen LogP contribution in [0.5, 0.6) is 5.75 Å². The summed E-state index contributed by atoms with van der Waals surface area (Å²) in [5, 5.41) is 0. The quantitative estimate of drug-likeness (QED) is 0.677. The molecule has 0 fully saturated rings. The number of ketones is 1. The number of nitrogen functional groups attached to an aromatic ring is 1. The van der Waals surface area contributed by atoms with Crippen molar-refractivity contribution in [2.45, 2.75) is 13.8 Å². The zero-order valence-corrected chi connectivity index (χ0v) is 11.4. The first-order valence-electron chi connectivity index (χ1n) is 6.08. The maximum atomic E-state index is 12.5. The van der Waals surface area contributed by atoms with Crippen molar-refractivity contribution in [2.75, 3.05) is 12.8 Å². The Balaban J connectivity index is 2.47. The summed E-state index contributed by atoms with van der Waals surface area (Å²) in [6.07, 6.45) is 0. The topological polar surface area (TPSA) is 52.3 Å². The molecule has 0 aliphatic carbocycles. The van der Waals surface area contributed by atoms with Crippen molar-refractivity contribution in [3.05, 3.63) is 58.7 Å². The number of carbonyl (C=O) groups is 1. The van der Waals surface area contributed by atoms with Crippen LogP contribution in [0.4, 0.5) is 5.69 Å². The molecule has 2 N–H and O–H groups in total. The zero-order chi connectivity index (χ0) is 14.0. The van der Waals surface area contributed by atoms with E-state index in [9.17, 15) is 4.79 Å². The predicted octanol–water partition coefficient (Wildman–Crippen LogP) is 3.13. The molecule has 0 amide bonds. The van der Waals surface area contributed by atoms with Gasteiger partial charge < -0.3 is 10.5 Å². The highest BCUT2D eigenvalue weighted by molar-refractivity contribution is 6.13. The van der Waals surface area contributed by atoms with Crippen molar-refractivity contribution in [3.63, 3.8) is 0 Å². The van der Waals surface area contributed by atoms with E-state index in [2.05, 4.69) is 0 Å². The first kappa shape index (κ1) is 13.1. The minimum absolute atomic E-state index is 0.0543. The average molecular weight is 255 g/mol. The Labute approximate surface area is 113 Å². The van der Waals surface area contributed by atoms with E-state index in [0.29, 0.717) is 22.6 Å². The standard InChI is InChI=1S/C16H17NO2/c1-10-4-5-11(2)14(8-10)16(18)13-7-6-12(19-3)9-15(13)17/h4-9H,17H2,1-3H3. The molecule has 0 aliphatic heterocycles.